The van der Waals surface area contributed by atoms with Crippen molar-refractivity contribution in [3.8, 4) is 0 Å². The van der Waals surface area contributed by atoms with Gasteiger partial charge in [-0.2, -0.15) is 0 Å². The van der Waals surface area contributed by atoms with Crippen molar-refractivity contribution in [3.63, 3.8) is 0 Å². The van der Waals surface area contributed by atoms with Crippen molar-refractivity contribution in [2.75, 3.05) is 6.54 Å². The van der Waals surface area contributed by atoms with Crippen LogP contribution in [0.3, 0.4) is 0 Å². The van der Waals surface area contributed by atoms with E-state index in [1.807, 2.05) is 13.8 Å². The van der Waals surface area contributed by atoms with Gasteiger partial charge in [0.25, 0.3) is 0 Å². The molecule has 6 heteroatoms. The van der Waals surface area contributed by atoms with Gasteiger partial charge >= 0.3 is 0 Å². The van der Waals surface area contributed by atoms with E-state index in [4.69, 9.17) is 0 Å². The molecule has 4 nitrogen and oxygen atoms in total. The topological polar surface area (TPSA) is 66.4 Å². The number of benzene rings is 1. The molecule has 0 aliphatic heterocycles. The quantitative estimate of drug-likeness (QED) is 0.829. The van der Waals surface area contributed by atoms with Crippen molar-refractivity contribution >= 4 is 26.0 Å². The molecule has 0 heterocycles. The lowest BCUT2D eigenvalue weighted by Gasteiger charge is -2.25. The van der Waals surface area contributed by atoms with E-state index >= 15 is 0 Å². The maximum absolute atomic E-state index is 12.0. The number of sulfonamides is 1. The Labute approximate surface area is 123 Å². The minimum absolute atomic E-state index is 0.00355. The van der Waals surface area contributed by atoms with Crippen LogP contribution in [0.1, 0.15) is 27.2 Å². The van der Waals surface area contributed by atoms with Gasteiger partial charge in [0.15, 0.2) is 0 Å². The summed E-state index contributed by atoms with van der Waals surface area (Å²) in [4.78, 5) is 0.191. The van der Waals surface area contributed by atoms with Crippen LogP contribution in [0.2, 0.25) is 0 Å². The third-order valence-corrected chi connectivity index (χ3v) is 4.56. The Morgan fingerprint density at radius 1 is 1.32 bits per heavy atom. The molecule has 2 N–H and O–H groups in total. The van der Waals surface area contributed by atoms with Crippen LogP contribution in [-0.2, 0) is 10.0 Å². The Kier molecular flexibility index (Phi) is 5.55. The van der Waals surface area contributed by atoms with Crippen LogP contribution < -0.4 is 4.72 Å². The normalized spacial score (nSPS) is 15.5. The first-order valence-corrected chi connectivity index (χ1v) is 8.38. The summed E-state index contributed by atoms with van der Waals surface area (Å²) < 4.78 is 27.3. The fourth-order valence-corrected chi connectivity index (χ4v) is 3.33. The fraction of sp³-hybridized carbons (Fsp3) is 0.538. The predicted molar refractivity (Wildman–Crippen MR) is 79.4 cm³/mol. The van der Waals surface area contributed by atoms with Gasteiger partial charge in [-0.25, -0.2) is 13.1 Å². The van der Waals surface area contributed by atoms with E-state index in [0.717, 1.165) is 4.47 Å². The maximum Gasteiger partial charge on any atom is 0.240 e. The first-order valence-electron chi connectivity index (χ1n) is 6.10. The monoisotopic (exact) mass is 349 g/mol. The Morgan fingerprint density at radius 3 is 2.32 bits per heavy atom. The summed E-state index contributed by atoms with van der Waals surface area (Å²) in [6, 6.07) is 6.37. The molecule has 0 saturated heterocycles. The van der Waals surface area contributed by atoms with E-state index in [-0.39, 0.29) is 11.4 Å². The Hall–Kier alpha value is -0.430. The Morgan fingerprint density at radius 2 is 1.84 bits per heavy atom. The van der Waals surface area contributed by atoms with Gasteiger partial charge in [-0.3, -0.25) is 0 Å². The summed E-state index contributed by atoms with van der Waals surface area (Å²) in [5.74, 6) is 0.298. The molecule has 108 valence electrons. The highest BCUT2D eigenvalue weighted by atomic mass is 79.9. The van der Waals surface area contributed by atoms with Crippen molar-refractivity contribution in [1.82, 2.24) is 4.72 Å². The lowest BCUT2D eigenvalue weighted by atomic mass is 9.95. The zero-order valence-corrected chi connectivity index (χ0v) is 13.8. The maximum atomic E-state index is 12.0. The molecule has 19 heavy (non-hydrogen) atoms. The molecule has 0 radical (unpaired) electrons. The predicted octanol–water partition coefficient (Wildman–Crippen LogP) is 2.52. The summed E-state index contributed by atoms with van der Waals surface area (Å²) in [6.07, 6.45) is 0.538. The average Bonchev–Trinajstić information content (AvgIpc) is 2.26. The van der Waals surface area contributed by atoms with Crippen LogP contribution in [0, 0.1) is 5.92 Å². The first-order chi connectivity index (χ1) is 8.62. The van der Waals surface area contributed by atoms with Gasteiger partial charge < -0.3 is 5.11 Å². The van der Waals surface area contributed by atoms with Gasteiger partial charge in [-0.15, -0.1) is 0 Å². The highest BCUT2D eigenvalue weighted by Gasteiger charge is 2.25. The van der Waals surface area contributed by atoms with E-state index in [9.17, 15) is 13.5 Å². The lowest BCUT2D eigenvalue weighted by molar-refractivity contribution is 0.0437. The molecule has 1 aromatic carbocycles. The van der Waals surface area contributed by atoms with Gasteiger partial charge in [0.2, 0.25) is 10.0 Å². The third kappa shape index (κ3) is 5.60. The second-order valence-corrected chi connectivity index (χ2v) is 8.06. The molecule has 0 fully saturated rings. The van der Waals surface area contributed by atoms with Crippen LogP contribution in [0.15, 0.2) is 33.6 Å². The Balaban J connectivity index is 2.73. The molecule has 1 unspecified atom stereocenters. The van der Waals surface area contributed by atoms with E-state index < -0.39 is 15.6 Å². The number of aliphatic hydroxyl groups is 1. The molecule has 0 aliphatic carbocycles. The van der Waals surface area contributed by atoms with Gasteiger partial charge in [0.05, 0.1) is 10.5 Å². The minimum atomic E-state index is -3.58. The summed E-state index contributed by atoms with van der Waals surface area (Å²) in [7, 11) is -3.58. The van der Waals surface area contributed by atoms with Crippen molar-refractivity contribution < 1.29 is 13.5 Å². The zero-order chi connectivity index (χ0) is 14.7. The lowest BCUT2D eigenvalue weighted by Crippen LogP contribution is -2.41. The van der Waals surface area contributed by atoms with Gasteiger partial charge in [-0.1, -0.05) is 29.8 Å². The number of halogens is 1. The van der Waals surface area contributed by atoms with Gasteiger partial charge in [-0.05, 0) is 43.5 Å². The molecule has 0 amide bonds. The van der Waals surface area contributed by atoms with E-state index in [2.05, 4.69) is 20.7 Å². The fourth-order valence-electron chi connectivity index (χ4n) is 1.90. The van der Waals surface area contributed by atoms with Gasteiger partial charge in [0.1, 0.15) is 0 Å². The van der Waals surface area contributed by atoms with E-state index in [1.165, 1.54) is 12.1 Å². The minimum Gasteiger partial charge on any atom is -0.389 e. The molecule has 0 saturated carbocycles. The second-order valence-electron chi connectivity index (χ2n) is 5.37. The highest BCUT2D eigenvalue weighted by Crippen LogP contribution is 2.18. The van der Waals surface area contributed by atoms with E-state index in [1.54, 1.807) is 19.1 Å². The largest absolute Gasteiger partial charge is 0.389 e. The summed E-state index contributed by atoms with van der Waals surface area (Å²) in [5.41, 5.74) is -1.05. The highest BCUT2D eigenvalue weighted by molar-refractivity contribution is 9.10. The van der Waals surface area contributed by atoms with Gasteiger partial charge in [0, 0.05) is 11.0 Å². The molecule has 1 atom stereocenters. The van der Waals surface area contributed by atoms with Crippen molar-refractivity contribution in [3.05, 3.63) is 28.7 Å². The standard InChI is InChI=1S/C13H20BrNO3S/c1-10(2)8-13(3,16)9-15-19(17,18)12-6-4-11(14)5-7-12/h4-7,10,15-16H,8-9H2,1-3H3. The Bertz CT molecular complexity index is 509. The van der Waals surface area contributed by atoms with Crippen molar-refractivity contribution in [1.29, 1.82) is 0 Å². The van der Waals surface area contributed by atoms with Crippen LogP contribution in [0.25, 0.3) is 0 Å². The molecule has 0 spiro atoms. The number of nitrogens with one attached hydrogen (secondary N) is 1. The van der Waals surface area contributed by atoms with Crippen molar-refractivity contribution in [2.24, 2.45) is 5.92 Å². The average molecular weight is 350 g/mol. The van der Waals surface area contributed by atoms with Crippen molar-refractivity contribution in [2.45, 2.75) is 37.7 Å². The summed E-state index contributed by atoms with van der Waals surface area (Å²) >= 11 is 3.25. The molecular formula is C13H20BrNO3S. The third-order valence-electron chi connectivity index (χ3n) is 2.61. The molecule has 1 aromatic rings. The number of rotatable bonds is 6. The smallest absolute Gasteiger partial charge is 0.240 e. The molecule has 0 aliphatic rings. The van der Waals surface area contributed by atoms with Crippen LogP contribution in [0.5, 0.6) is 0 Å². The van der Waals surface area contributed by atoms with Crippen LogP contribution in [-0.4, -0.2) is 25.7 Å². The summed E-state index contributed by atoms with van der Waals surface area (Å²) in [6.45, 7) is 5.61. The first kappa shape index (κ1) is 16.6. The second kappa shape index (κ2) is 6.35. The molecular weight excluding hydrogens is 330 g/mol. The van der Waals surface area contributed by atoms with E-state index in [0.29, 0.717) is 12.3 Å². The molecule has 1 rings (SSSR count). The SMILES string of the molecule is CC(C)CC(C)(O)CNS(=O)(=O)c1ccc(Br)cc1. The zero-order valence-electron chi connectivity index (χ0n) is 11.4. The van der Waals surface area contributed by atoms with Crippen LogP contribution >= 0.6 is 15.9 Å². The number of hydrogen-bond acceptors (Lipinski definition) is 3. The number of hydrogen-bond donors (Lipinski definition) is 2. The summed E-state index contributed by atoms with van der Waals surface area (Å²) in [5, 5.41) is 10.1. The van der Waals surface area contributed by atoms with Crippen LogP contribution in [0.4, 0.5) is 0 Å². The molecule has 0 aromatic heterocycles. The molecule has 0 bridgehead atoms.